The van der Waals surface area contributed by atoms with Crippen molar-refractivity contribution in [3.8, 4) is 0 Å². The van der Waals surface area contributed by atoms with Crippen LogP contribution in [0.1, 0.15) is 53.0 Å². The number of hydrogen-bond donors (Lipinski definition) is 2. The summed E-state index contributed by atoms with van der Waals surface area (Å²) < 4.78 is 16.6. The van der Waals surface area contributed by atoms with Gasteiger partial charge in [0.1, 0.15) is 35.0 Å². The number of benzene rings is 5. The van der Waals surface area contributed by atoms with Crippen LogP contribution in [0.4, 0.5) is 5.13 Å². The Labute approximate surface area is 394 Å². The summed E-state index contributed by atoms with van der Waals surface area (Å²) in [4.78, 5) is 79.4. The molecule has 0 bridgehead atoms. The topological polar surface area (TPSA) is 175 Å². The number of aromatic nitrogens is 1. The lowest BCUT2D eigenvalue weighted by atomic mass is 9.77. The molecule has 2 saturated heterocycles. The van der Waals surface area contributed by atoms with Gasteiger partial charge in [-0.1, -0.05) is 157 Å². The number of cyclic esters (lactones) is 1. The number of ether oxygens (including phenoxy) is 3. The maximum atomic E-state index is 14.5. The number of thioether (sulfide) groups is 1. The summed E-state index contributed by atoms with van der Waals surface area (Å²) in [6.07, 6.45) is -1.66. The third kappa shape index (κ3) is 9.31. The maximum Gasteiger partial charge on any atom is 0.356 e. The van der Waals surface area contributed by atoms with E-state index in [9.17, 15) is 24.0 Å². The van der Waals surface area contributed by atoms with E-state index in [4.69, 9.17) is 24.0 Å². The summed E-state index contributed by atoms with van der Waals surface area (Å²) >= 11 is 2.51. The third-order valence-electron chi connectivity index (χ3n) is 11.4. The van der Waals surface area contributed by atoms with E-state index in [0.29, 0.717) is 21.8 Å². The Bertz CT molecular complexity index is 2690. The largest absolute Gasteiger partial charge is 0.463 e. The van der Waals surface area contributed by atoms with Gasteiger partial charge < -0.3 is 29.7 Å². The Kier molecular flexibility index (Phi) is 13.3. The van der Waals surface area contributed by atoms with Crippen LogP contribution in [0.25, 0.3) is 0 Å². The van der Waals surface area contributed by atoms with Gasteiger partial charge >= 0.3 is 17.9 Å². The molecule has 0 aliphatic carbocycles. The summed E-state index contributed by atoms with van der Waals surface area (Å²) in [7, 11) is 0. The van der Waals surface area contributed by atoms with Gasteiger partial charge in [0.25, 0.3) is 11.8 Å². The molecule has 14 nitrogen and oxygen atoms in total. The van der Waals surface area contributed by atoms with Crippen molar-refractivity contribution in [2.45, 2.75) is 42.5 Å². The van der Waals surface area contributed by atoms with E-state index < -0.39 is 58.9 Å². The molecule has 1 aromatic heterocycles. The van der Waals surface area contributed by atoms with E-state index in [-0.39, 0.29) is 42.5 Å². The van der Waals surface area contributed by atoms with Crippen LogP contribution in [-0.2, 0) is 48.6 Å². The zero-order chi connectivity index (χ0) is 46.3. The van der Waals surface area contributed by atoms with E-state index in [1.54, 1.807) is 5.38 Å². The lowest BCUT2D eigenvalue weighted by Crippen LogP contribution is -2.71. The number of rotatable bonds is 16. The molecular formula is C51H43N5O9S2. The van der Waals surface area contributed by atoms with Crippen LogP contribution < -0.4 is 10.6 Å². The first-order valence-electron chi connectivity index (χ1n) is 21.4. The van der Waals surface area contributed by atoms with Crippen LogP contribution in [0.15, 0.2) is 173 Å². The molecule has 67 heavy (non-hydrogen) atoms. The first kappa shape index (κ1) is 44.6. The van der Waals surface area contributed by atoms with Gasteiger partial charge in [-0.15, -0.1) is 23.1 Å². The SMILES string of the molecule is CC(=O)OCC1=C(C(=O)OC(c2ccccc2)c2ccccc2)N2C(=O)C(NC(=O)C(=NOC3CCOC3=O)c3csc(NC(c4ccccc4)(c4ccccc4)c4ccccc4)n3)[C@H]2SC1. The summed E-state index contributed by atoms with van der Waals surface area (Å²) in [5.41, 5.74) is 3.39. The number of fused-ring (bicyclic) bond motifs is 1. The summed E-state index contributed by atoms with van der Waals surface area (Å²) in [6.45, 7) is 1.14. The maximum absolute atomic E-state index is 14.5. The quantitative estimate of drug-likeness (QED) is 0.0251. The third-order valence-corrected chi connectivity index (χ3v) is 13.5. The highest BCUT2D eigenvalue weighted by atomic mass is 32.2. The molecule has 6 aromatic rings. The molecule has 3 atom stereocenters. The highest BCUT2D eigenvalue weighted by Gasteiger charge is 2.55. The fourth-order valence-electron chi connectivity index (χ4n) is 8.20. The van der Waals surface area contributed by atoms with E-state index in [1.807, 2.05) is 152 Å². The standard InChI is InChI=1S/C51H43N5O9S2/c1-32(57)63-29-35-30-66-47-42(46(59)56(47)43(35)49(61)64-44(33-17-7-2-8-18-33)34-19-9-3-10-20-34)53-45(58)41(55-65-40-27-28-62-48(40)60)39-31-67-50(52-39)54-51(36-21-11-4-12-22-36,37-23-13-5-14-24-37)38-25-15-6-16-26-38/h2-26,31,40,42,44,47H,27-30H2,1H3,(H,52,54)(H,53,58)/t40?,42?,47-/m1/s1. The molecule has 2 amide bonds. The van der Waals surface area contributed by atoms with Crippen molar-refractivity contribution in [2.75, 3.05) is 24.3 Å². The van der Waals surface area contributed by atoms with Crippen molar-refractivity contribution in [2.24, 2.45) is 5.16 Å². The fraction of sp³-hybridized carbons (Fsp3) is 0.196. The van der Waals surface area contributed by atoms with Crippen LogP contribution in [-0.4, -0.2) is 81.8 Å². The minimum absolute atomic E-state index is 0.0664. The first-order chi connectivity index (χ1) is 32.7. The van der Waals surface area contributed by atoms with Crippen molar-refractivity contribution in [3.63, 3.8) is 0 Å². The zero-order valence-corrected chi connectivity index (χ0v) is 37.6. The first-order valence-corrected chi connectivity index (χ1v) is 23.4. The smallest absolute Gasteiger partial charge is 0.356 e. The number of oxime groups is 1. The van der Waals surface area contributed by atoms with Crippen LogP contribution in [0, 0.1) is 0 Å². The number of hydrogen-bond acceptors (Lipinski definition) is 14. The number of thiazole rings is 1. The van der Waals surface area contributed by atoms with Gasteiger partial charge in [0.15, 0.2) is 16.9 Å². The van der Waals surface area contributed by atoms with Gasteiger partial charge in [0.2, 0.25) is 6.10 Å². The fourth-order valence-corrected chi connectivity index (χ4v) is 10.3. The molecule has 2 fully saturated rings. The Hall–Kier alpha value is -7.56. The summed E-state index contributed by atoms with van der Waals surface area (Å²) in [5.74, 6) is -3.22. The van der Waals surface area contributed by atoms with Crippen molar-refractivity contribution >= 4 is 63.7 Å². The van der Waals surface area contributed by atoms with Crippen LogP contribution in [0.3, 0.4) is 0 Å². The lowest BCUT2D eigenvalue weighted by molar-refractivity contribution is -0.154. The average Bonchev–Trinajstić information content (AvgIpc) is 4.02. The highest BCUT2D eigenvalue weighted by Crippen LogP contribution is 2.43. The molecule has 2 unspecified atom stereocenters. The van der Waals surface area contributed by atoms with Gasteiger partial charge in [0, 0.05) is 30.1 Å². The molecule has 0 radical (unpaired) electrons. The lowest BCUT2D eigenvalue weighted by Gasteiger charge is -2.49. The molecule has 0 saturated carbocycles. The van der Waals surface area contributed by atoms with E-state index in [0.717, 1.165) is 16.7 Å². The van der Waals surface area contributed by atoms with Crippen LogP contribution >= 0.6 is 23.1 Å². The second-order valence-electron chi connectivity index (χ2n) is 15.7. The Balaban J connectivity index is 1.01. The van der Waals surface area contributed by atoms with E-state index >= 15 is 0 Å². The summed E-state index contributed by atoms with van der Waals surface area (Å²) in [6, 6.07) is 47.1. The number of nitrogens with one attached hydrogen (secondary N) is 2. The average molecular weight is 934 g/mol. The van der Waals surface area contributed by atoms with E-state index in [1.165, 1.54) is 34.9 Å². The monoisotopic (exact) mass is 933 g/mol. The van der Waals surface area contributed by atoms with Gasteiger partial charge in [-0.2, -0.15) is 0 Å². The predicted molar refractivity (Wildman–Crippen MR) is 251 cm³/mol. The second kappa shape index (κ2) is 19.9. The minimum atomic E-state index is -1.13. The Morgan fingerprint density at radius 2 is 1.37 bits per heavy atom. The van der Waals surface area contributed by atoms with Gasteiger partial charge in [-0.05, 0) is 27.8 Å². The number of β-lactam (4-membered cyclic amide) rings is 1. The van der Waals surface area contributed by atoms with Gasteiger partial charge in [0.05, 0.1) is 6.61 Å². The molecular weight excluding hydrogens is 891 g/mol. The summed E-state index contributed by atoms with van der Waals surface area (Å²) in [5, 5.41) is 12.0. The van der Waals surface area contributed by atoms with Crippen molar-refractivity contribution in [3.05, 3.63) is 202 Å². The van der Waals surface area contributed by atoms with Gasteiger partial charge in [-0.3, -0.25) is 19.3 Å². The van der Waals surface area contributed by atoms with Crippen LogP contribution in [0.2, 0.25) is 0 Å². The zero-order valence-electron chi connectivity index (χ0n) is 36.0. The molecule has 2 N–H and O–H groups in total. The second-order valence-corrected chi connectivity index (χ2v) is 17.7. The van der Waals surface area contributed by atoms with Crippen molar-refractivity contribution in [1.29, 1.82) is 0 Å². The van der Waals surface area contributed by atoms with Gasteiger partial charge in [-0.25, -0.2) is 14.6 Å². The molecule has 3 aliphatic rings. The molecule has 4 heterocycles. The Morgan fingerprint density at radius 3 is 1.90 bits per heavy atom. The van der Waals surface area contributed by atoms with Crippen molar-refractivity contribution < 1.29 is 43.0 Å². The normalized spacial score (nSPS) is 18.1. The number of amides is 2. The van der Waals surface area contributed by atoms with Crippen molar-refractivity contribution in [1.82, 2.24) is 15.2 Å². The molecule has 9 rings (SSSR count). The molecule has 338 valence electrons. The molecule has 0 spiro atoms. The molecule has 5 aromatic carbocycles. The number of carbonyl (C=O) groups is 5. The molecule has 3 aliphatic heterocycles. The Morgan fingerprint density at radius 1 is 0.821 bits per heavy atom. The number of esters is 3. The van der Waals surface area contributed by atoms with Crippen LogP contribution in [0.5, 0.6) is 0 Å². The number of nitrogens with zero attached hydrogens (tertiary/aromatic N) is 3. The predicted octanol–water partition coefficient (Wildman–Crippen LogP) is 7.13. The number of anilines is 1. The van der Waals surface area contributed by atoms with E-state index in [2.05, 4.69) is 15.8 Å². The number of carbonyl (C=O) groups excluding carboxylic acids is 5. The minimum Gasteiger partial charge on any atom is -0.463 e. The highest BCUT2D eigenvalue weighted by molar-refractivity contribution is 8.00. The molecule has 16 heteroatoms.